The first-order chi connectivity index (χ1) is 13.8. The lowest BCUT2D eigenvalue weighted by Gasteiger charge is -2.15. The highest BCUT2D eigenvalue weighted by Gasteiger charge is 2.18. The second-order valence-electron chi connectivity index (χ2n) is 6.37. The summed E-state index contributed by atoms with van der Waals surface area (Å²) >= 11 is 0. The van der Waals surface area contributed by atoms with E-state index in [-0.39, 0.29) is 0 Å². The monoisotopic (exact) mass is 366 g/mol. The maximum atomic E-state index is 11.2. The molecule has 0 saturated carbocycles. The van der Waals surface area contributed by atoms with Crippen LogP contribution in [0.25, 0.3) is 11.1 Å². The van der Waals surface area contributed by atoms with Crippen molar-refractivity contribution in [3.05, 3.63) is 119 Å². The molecule has 0 bridgehead atoms. The third kappa shape index (κ3) is 3.35. The summed E-state index contributed by atoms with van der Waals surface area (Å²) in [7, 11) is 0. The van der Waals surface area contributed by atoms with Crippen molar-refractivity contribution < 1.29 is 9.59 Å². The van der Waals surface area contributed by atoms with E-state index in [9.17, 15) is 9.59 Å². The Morgan fingerprint density at radius 1 is 0.536 bits per heavy atom. The van der Waals surface area contributed by atoms with Gasteiger partial charge in [0.25, 0.3) is 0 Å². The fourth-order valence-electron chi connectivity index (χ4n) is 3.33. The molecule has 2 aromatic carbocycles. The summed E-state index contributed by atoms with van der Waals surface area (Å²) < 4.78 is 0. The molecule has 28 heavy (non-hydrogen) atoms. The lowest BCUT2D eigenvalue weighted by atomic mass is 9.90. The van der Waals surface area contributed by atoms with Gasteiger partial charge in [-0.3, -0.25) is 9.59 Å². The lowest BCUT2D eigenvalue weighted by molar-refractivity contribution is 0.111. The summed E-state index contributed by atoms with van der Waals surface area (Å²) in [4.78, 5) is 28.9. The standard InChI is InChI=1S/C24H18N2O2/c27-15-19-11-13-21(25-19)23(17-7-3-1-4-8-17)24(18-9-5-2-6-10-18)22-14-12-20(16-28)26-22/h1-16,25-26H/b24-23-. The van der Waals surface area contributed by atoms with E-state index in [1.807, 2.05) is 72.8 Å². The number of nitrogens with one attached hydrogen (secondary N) is 2. The highest BCUT2D eigenvalue weighted by Crippen LogP contribution is 2.35. The van der Waals surface area contributed by atoms with E-state index in [0.717, 1.165) is 46.2 Å². The molecule has 0 aliphatic heterocycles. The average Bonchev–Trinajstić information content (AvgIpc) is 3.42. The molecule has 0 spiro atoms. The summed E-state index contributed by atoms with van der Waals surface area (Å²) in [5, 5.41) is 0. The second-order valence-corrected chi connectivity index (χ2v) is 6.37. The van der Waals surface area contributed by atoms with Crippen LogP contribution in [0.5, 0.6) is 0 Å². The van der Waals surface area contributed by atoms with Gasteiger partial charge in [-0.1, -0.05) is 60.7 Å². The molecular formula is C24H18N2O2. The van der Waals surface area contributed by atoms with Crippen molar-refractivity contribution in [2.45, 2.75) is 0 Å². The van der Waals surface area contributed by atoms with Gasteiger partial charge >= 0.3 is 0 Å². The van der Waals surface area contributed by atoms with Crippen LogP contribution in [0, 0.1) is 0 Å². The van der Waals surface area contributed by atoms with Gasteiger partial charge in [0.05, 0.1) is 11.4 Å². The molecule has 0 saturated heterocycles. The van der Waals surface area contributed by atoms with Gasteiger partial charge in [0.2, 0.25) is 0 Å². The molecular weight excluding hydrogens is 348 g/mol. The summed E-state index contributed by atoms with van der Waals surface area (Å²) in [6.45, 7) is 0. The van der Waals surface area contributed by atoms with Crippen LogP contribution in [0.1, 0.15) is 43.5 Å². The van der Waals surface area contributed by atoms with Crippen molar-refractivity contribution in [2.24, 2.45) is 0 Å². The van der Waals surface area contributed by atoms with Crippen molar-refractivity contribution >= 4 is 23.7 Å². The Bertz CT molecular complexity index is 1040. The quantitative estimate of drug-likeness (QED) is 0.373. The van der Waals surface area contributed by atoms with E-state index < -0.39 is 0 Å². The summed E-state index contributed by atoms with van der Waals surface area (Å²) in [5.41, 5.74) is 6.57. The van der Waals surface area contributed by atoms with Gasteiger partial charge in [0.15, 0.2) is 12.6 Å². The lowest BCUT2D eigenvalue weighted by Crippen LogP contribution is -1.98. The summed E-state index contributed by atoms with van der Waals surface area (Å²) in [6.07, 6.45) is 1.60. The second kappa shape index (κ2) is 7.76. The van der Waals surface area contributed by atoms with Crippen LogP contribution < -0.4 is 0 Å². The minimum atomic E-state index is 0.510. The molecule has 4 rings (SSSR count). The molecule has 4 nitrogen and oxygen atoms in total. The molecule has 0 aliphatic carbocycles. The first-order valence-electron chi connectivity index (χ1n) is 8.94. The molecule has 0 aliphatic rings. The van der Waals surface area contributed by atoms with Gasteiger partial charge in [-0.05, 0) is 35.4 Å². The zero-order valence-corrected chi connectivity index (χ0v) is 15.1. The van der Waals surface area contributed by atoms with E-state index in [0.29, 0.717) is 11.4 Å². The van der Waals surface area contributed by atoms with Crippen LogP contribution in [-0.2, 0) is 0 Å². The van der Waals surface area contributed by atoms with Crippen molar-refractivity contribution in [1.29, 1.82) is 0 Å². The Morgan fingerprint density at radius 3 is 1.25 bits per heavy atom. The number of H-pyrrole nitrogens is 2. The molecule has 0 unspecified atom stereocenters. The van der Waals surface area contributed by atoms with Crippen LogP contribution in [0.3, 0.4) is 0 Å². The van der Waals surface area contributed by atoms with Gasteiger partial charge in [-0.15, -0.1) is 0 Å². The van der Waals surface area contributed by atoms with Crippen LogP contribution in [0.2, 0.25) is 0 Å². The molecule has 0 fully saturated rings. The number of hydrogen-bond acceptors (Lipinski definition) is 2. The minimum Gasteiger partial charge on any atom is -0.352 e. The fraction of sp³-hybridized carbons (Fsp3) is 0. The molecule has 2 N–H and O–H groups in total. The molecule has 2 heterocycles. The number of rotatable bonds is 6. The molecule has 0 radical (unpaired) electrons. The van der Waals surface area contributed by atoms with Gasteiger partial charge in [-0.2, -0.15) is 0 Å². The SMILES string of the molecule is O=Cc1ccc(/C(=C(/c2ccccc2)c2ccc(C=O)[nH]2)c2ccccc2)[nH]1. The Kier molecular flexibility index (Phi) is 4.85. The minimum absolute atomic E-state index is 0.510. The van der Waals surface area contributed by atoms with E-state index in [2.05, 4.69) is 9.97 Å². The third-order valence-electron chi connectivity index (χ3n) is 4.58. The Labute approximate surface area is 162 Å². The van der Waals surface area contributed by atoms with Crippen LogP contribution in [0.4, 0.5) is 0 Å². The Balaban J connectivity index is 2.07. The molecule has 0 atom stereocenters. The third-order valence-corrected chi connectivity index (χ3v) is 4.58. The predicted molar refractivity (Wildman–Crippen MR) is 110 cm³/mol. The van der Waals surface area contributed by atoms with E-state index in [1.165, 1.54) is 0 Å². The predicted octanol–water partition coefficient (Wildman–Crippen LogP) is 4.98. The first kappa shape index (κ1) is 17.5. The highest BCUT2D eigenvalue weighted by atomic mass is 16.1. The van der Waals surface area contributed by atoms with Crippen molar-refractivity contribution in [3.63, 3.8) is 0 Å². The highest BCUT2D eigenvalue weighted by molar-refractivity contribution is 6.03. The number of aldehydes is 2. The number of benzene rings is 2. The van der Waals surface area contributed by atoms with Crippen LogP contribution in [0.15, 0.2) is 84.9 Å². The number of carbonyl (C=O) groups is 2. The van der Waals surface area contributed by atoms with Gasteiger partial charge in [0, 0.05) is 22.5 Å². The van der Waals surface area contributed by atoms with Crippen molar-refractivity contribution in [1.82, 2.24) is 9.97 Å². The maximum absolute atomic E-state index is 11.2. The number of aromatic nitrogens is 2. The zero-order chi connectivity index (χ0) is 19.3. The largest absolute Gasteiger partial charge is 0.352 e. The molecule has 2 aromatic heterocycles. The average molecular weight is 366 g/mol. The molecule has 4 heteroatoms. The normalized spacial score (nSPS) is 11.7. The van der Waals surface area contributed by atoms with Crippen LogP contribution >= 0.6 is 0 Å². The zero-order valence-electron chi connectivity index (χ0n) is 15.1. The molecule has 4 aromatic rings. The Hall–Kier alpha value is -3.92. The smallest absolute Gasteiger partial charge is 0.166 e. The van der Waals surface area contributed by atoms with Gasteiger partial charge in [-0.25, -0.2) is 0 Å². The van der Waals surface area contributed by atoms with E-state index in [1.54, 1.807) is 12.1 Å². The van der Waals surface area contributed by atoms with E-state index in [4.69, 9.17) is 0 Å². The Morgan fingerprint density at radius 2 is 0.929 bits per heavy atom. The van der Waals surface area contributed by atoms with Crippen LogP contribution in [-0.4, -0.2) is 22.5 Å². The van der Waals surface area contributed by atoms with E-state index >= 15 is 0 Å². The first-order valence-corrected chi connectivity index (χ1v) is 8.94. The number of hydrogen-bond donors (Lipinski definition) is 2. The summed E-state index contributed by atoms with van der Waals surface area (Å²) in [6, 6.07) is 27.3. The number of aromatic amines is 2. The van der Waals surface area contributed by atoms with Crippen molar-refractivity contribution in [3.8, 4) is 0 Å². The topological polar surface area (TPSA) is 65.7 Å². The molecule has 0 amide bonds. The summed E-state index contributed by atoms with van der Waals surface area (Å²) in [5.74, 6) is 0. The van der Waals surface area contributed by atoms with Crippen molar-refractivity contribution in [2.75, 3.05) is 0 Å². The molecule has 136 valence electrons. The fourth-order valence-corrected chi connectivity index (χ4v) is 3.33. The number of carbonyl (C=O) groups excluding carboxylic acids is 2. The van der Waals surface area contributed by atoms with Gasteiger partial charge < -0.3 is 9.97 Å². The van der Waals surface area contributed by atoms with Gasteiger partial charge in [0.1, 0.15) is 0 Å². The maximum Gasteiger partial charge on any atom is 0.166 e.